The largest absolute Gasteiger partial charge is 0.384 e. The summed E-state index contributed by atoms with van der Waals surface area (Å²) in [6.07, 6.45) is 0.935. The minimum absolute atomic E-state index is 0.0452. The van der Waals surface area contributed by atoms with Gasteiger partial charge in [-0.2, -0.15) is 0 Å². The lowest BCUT2D eigenvalue weighted by Crippen LogP contribution is -2.46. The van der Waals surface area contributed by atoms with Crippen molar-refractivity contribution in [3.63, 3.8) is 0 Å². The van der Waals surface area contributed by atoms with E-state index >= 15 is 0 Å². The van der Waals surface area contributed by atoms with Crippen LogP contribution in [0.2, 0.25) is 0 Å². The Bertz CT molecular complexity index is 538. The number of hydrogen-bond acceptors (Lipinski definition) is 3. The van der Waals surface area contributed by atoms with E-state index in [4.69, 9.17) is 0 Å². The van der Waals surface area contributed by atoms with Crippen LogP contribution in [0.5, 0.6) is 0 Å². The van der Waals surface area contributed by atoms with Gasteiger partial charge in [-0.05, 0) is 51.0 Å². The maximum absolute atomic E-state index is 12.3. The summed E-state index contributed by atoms with van der Waals surface area (Å²) in [6.45, 7) is 7.82. The fourth-order valence-corrected chi connectivity index (χ4v) is 2.60. The van der Waals surface area contributed by atoms with Crippen molar-refractivity contribution in [2.45, 2.75) is 33.2 Å². The molecule has 21 heavy (non-hydrogen) atoms. The van der Waals surface area contributed by atoms with Crippen LogP contribution in [0.3, 0.4) is 0 Å². The molecule has 0 saturated heterocycles. The van der Waals surface area contributed by atoms with Crippen LogP contribution < -0.4 is 10.6 Å². The lowest BCUT2D eigenvalue weighted by molar-refractivity contribution is -0.132. The maximum Gasteiger partial charge on any atom is 0.251 e. The molecular weight excluding hydrogens is 266 g/mol. The Balaban J connectivity index is 2.02. The summed E-state index contributed by atoms with van der Waals surface area (Å²) >= 11 is 0. The van der Waals surface area contributed by atoms with Crippen LogP contribution in [0.15, 0.2) is 18.2 Å². The Morgan fingerprint density at radius 2 is 2.05 bits per heavy atom. The summed E-state index contributed by atoms with van der Waals surface area (Å²) < 4.78 is 0. The van der Waals surface area contributed by atoms with Gasteiger partial charge in [-0.25, -0.2) is 0 Å². The smallest absolute Gasteiger partial charge is 0.251 e. The molecular formula is C16H23N3O2. The summed E-state index contributed by atoms with van der Waals surface area (Å²) in [5, 5.41) is 6.05. The number of benzene rings is 1. The second-order valence-corrected chi connectivity index (χ2v) is 5.25. The molecule has 0 aromatic heterocycles. The van der Waals surface area contributed by atoms with Crippen LogP contribution in [0.1, 0.15) is 36.7 Å². The standard InChI is InChI=1S/C16H23N3O2/c1-4-19(5-2)16(21)11(3)18-15(20)13-6-7-14-12(10-13)8-9-17-14/h6-7,10-11,17H,4-5,8-9H2,1-3H3,(H,18,20). The molecule has 0 aliphatic carbocycles. The highest BCUT2D eigenvalue weighted by molar-refractivity contribution is 5.98. The van der Waals surface area contributed by atoms with E-state index in [-0.39, 0.29) is 11.8 Å². The second kappa shape index (κ2) is 6.61. The van der Waals surface area contributed by atoms with E-state index in [0.29, 0.717) is 18.7 Å². The van der Waals surface area contributed by atoms with Gasteiger partial charge >= 0.3 is 0 Å². The average molecular weight is 289 g/mol. The number of fused-ring (bicyclic) bond motifs is 1. The average Bonchev–Trinajstić information content (AvgIpc) is 2.95. The molecule has 2 amide bonds. The fraction of sp³-hybridized carbons (Fsp3) is 0.500. The van der Waals surface area contributed by atoms with Gasteiger partial charge in [0.05, 0.1) is 0 Å². The number of hydrogen-bond donors (Lipinski definition) is 2. The predicted octanol–water partition coefficient (Wildman–Crippen LogP) is 1.64. The lowest BCUT2D eigenvalue weighted by Gasteiger charge is -2.23. The Kier molecular flexibility index (Phi) is 4.83. The number of amides is 2. The van der Waals surface area contributed by atoms with Crippen LogP contribution >= 0.6 is 0 Å². The molecule has 1 atom stereocenters. The molecule has 1 aliphatic heterocycles. The van der Waals surface area contributed by atoms with Crippen LogP contribution in [0.25, 0.3) is 0 Å². The third-order valence-electron chi connectivity index (χ3n) is 3.87. The minimum Gasteiger partial charge on any atom is -0.384 e. The number of anilines is 1. The van der Waals surface area contributed by atoms with E-state index < -0.39 is 6.04 Å². The number of nitrogens with zero attached hydrogens (tertiary/aromatic N) is 1. The molecule has 2 rings (SSSR count). The molecule has 5 heteroatoms. The van der Waals surface area contributed by atoms with Gasteiger partial charge in [-0.1, -0.05) is 0 Å². The lowest BCUT2D eigenvalue weighted by atomic mass is 10.1. The Morgan fingerprint density at radius 3 is 2.71 bits per heavy atom. The first-order chi connectivity index (χ1) is 10.1. The first kappa shape index (κ1) is 15.4. The number of nitrogens with one attached hydrogen (secondary N) is 2. The third kappa shape index (κ3) is 3.35. The topological polar surface area (TPSA) is 61.4 Å². The molecule has 0 radical (unpaired) electrons. The summed E-state index contributed by atoms with van der Waals surface area (Å²) in [6, 6.07) is 5.11. The SMILES string of the molecule is CCN(CC)C(=O)C(C)NC(=O)c1ccc2c(c1)CCN2. The number of carbonyl (C=O) groups excluding carboxylic acids is 2. The van der Waals surface area contributed by atoms with Gasteiger partial charge in [0, 0.05) is 30.9 Å². The molecule has 0 saturated carbocycles. The minimum atomic E-state index is -0.510. The van der Waals surface area contributed by atoms with Crippen LogP contribution in [0, 0.1) is 0 Å². The molecule has 0 spiro atoms. The second-order valence-electron chi connectivity index (χ2n) is 5.25. The van der Waals surface area contributed by atoms with Crippen LogP contribution in [-0.4, -0.2) is 42.4 Å². The number of likely N-dealkylation sites (N-methyl/N-ethyl adjacent to an activating group) is 1. The molecule has 114 valence electrons. The van der Waals surface area contributed by atoms with Gasteiger partial charge in [0.25, 0.3) is 5.91 Å². The van der Waals surface area contributed by atoms with Crippen molar-refractivity contribution >= 4 is 17.5 Å². The van der Waals surface area contributed by atoms with Gasteiger partial charge in [-0.15, -0.1) is 0 Å². The van der Waals surface area contributed by atoms with E-state index in [1.54, 1.807) is 17.9 Å². The fourth-order valence-electron chi connectivity index (χ4n) is 2.60. The van der Waals surface area contributed by atoms with Crippen molar-refractivity contribution < 1.29 is 9.59 Å². The first-order valence-electron chi connectivity index (χ1n) is 7.53. The van der Waals surface area contributed by atoms with Crippen molar-refractivity contribution in [1.29, 1.82) is 0 Å². The summed E-state index contributed by atoms with van der Waals surface area (Å²) in [4.78, 5) is 26.1. The van der Waals surface area contributed by atoms with Crippen molar-refractivity contribution in [2.24, 2.45) is 0 Å². The van der Waals surface area contributed by atoms with Crippen molar-refractivity contribution in [1.82, 2.24) is 10.2 Å². The Labute approximate surface area is 125 Å². The van der Waals surface area contributed by atoms with Crippen molar-refractivity contribution in [3.05, 3.63) is 29.3 Å². The zero-order valence-corrected chi connectivity index (χ0v) is 12.9. The zero-order chi connectivity index (χ0) is 15.4. The molecule has 1 aromatic carbocycles. The highest BCUT2D eigenvalue weighted by atomic mass is 16.2. The summed E-state index contributed by atoms with van der Waals surface area (Å²) in [5.74, 6) is -0.242. The molecule has 1 heterocycles. The molecule has 5 nitrogen and oxygen atoms in total. The van der Waals surface area contributed by atoms with E-state index in [9.17, 15) is 9.59 Å². The van der Waals surface area contributed by atoms with Gasteiger partial charge in [0.15, 0.2) is 0 Å². The number of carbonyl (C=O) groups is 2. The molecule has 0 fully saturated rings. The first-order valence-corrected chi connectivity index (χ1v) is 7.53. The zero-order valence-electron chi connectivity index (χ0n) is 12.9. The maximum atomic E-state index is 12.3. The van der Waals surface area contributed by atoms with Gasteiger partial charge in [0.1, 0.15) is 6.04 Å². The Morgan fingerprint density at radius 1 is 1.33 bits per heavy atom. The van der Waals surface area contributed by atoms with Crippen LogP contribution in [0.4, 0.5) is 5.69 Å². The molecule has 2 N–H and O–H groups in total. The van der Waals surface area contributed by atoms with E-state index in [1.807, 2.05) is 26.0 Å². The molecule has 0 bridgehead atoms. The molecule has 1 aromatic rings. The monoisotopic (exact) mass is 289 g/mol. The quantitative estimate of drug-likeness (QED) is 0.866. The predicted molar refractivity (Wildman–Crippen MR) is 83.5 cm³/mol. The van der Waals surface area contributed by atoms with Crippen molar-refractivity contribution in [2.75, 3.05) is 25.0 Å². The molecule has 1 aliphatic rings. The van der Waals surface area contributed by atoms with E-state index in [0.717, 1.165) is 24.2 Å². The van der Waals surface area contributed by atoms with Gasteiger partial charge < -0.3 is 15.5 Å². The summed E-state index contributed by atoms with van der Waals surface area (Å²) in [7, 11) is 0. The highest BCUT2D eigenvalue weighted by Gasteiger charge is 2.21. The normalized spacial score (nSPS) is 14.0. The molecule has 1 unspecified atom stereocenters. The van der Waals surface area contributed by atoms with Crippen molar-refractivity contribution in [3.8, 4) is 0 Å². The van der Waals surface area contributed by atoms with Gasteiger partial charge in [0.2, 0.25) is 5.91 Å². The van der Waals surface area contributed by atoms with E-state index in [1.165, 1.54) is 0 Å². The van der Waals surface area contributed by atoms with E-state index in [2.05, 4.69) is 10.6 Å². The third-order valence-corrected chi connectivity index (χ3v) is 3.87. The van der Waals surface area contributed by atoms with Crippen LogP contribution in [-0.2, 0) is 11.2 Å². The Hall–Kier alpha value is -2.04. The van der Waals surface area contributed by atoms with Gasteiger partial charge in [-0.3, -0.25) is 9.59 Å². The highest BCUT2D eigenvalue weighted by Crippen LogP contribution is 2.22. The summed E-state index contributed by atoms with van der Waals surface area (Å²) in [5.41, 5.74) is 2.86. The number of rotatable bonds is 5.